The van der Waals surface area contributed by atoms with Gasteiger partial charge in [0.25, 0.3) is 11.7 Å². The number of methoxy groups -OCH3 is 1. The van der Waals surface area contributed by atoms with Gasteiger partial charge in [-0.2, -0.15) is 13.2 Å². The summed E-state index contributed by atoms with van der Waals surface area (Å²) in [6.07, 6.45) is -3.36. The highest BCUT2D eigenvalue weighted by Crippen LogP contribution is 2.28. The third-order valence-corrected chi connectivity index (χ3v) is 5.50. The lowest BCUT2D eigenvalue weighted by Gasteiger charge is -2.31. The molecule has 1 aromatic heterocycles. The number of hydrogen-bond donors (Lipinski definition) is 2. The predicted molar refractivity (Wildman–Crippen MR) is 105 cm³/mol. The Kier molecular flexibility index (Phi) is 6.81. The van der Waals surface area contributed by atoms with E-state index in [1.54, 1.807) is 7.11 Å². The maximum atomic E-state index is 12.7. The number of nitrogens with one attached hydrogen (secondary N) is 3. The van der Waals surface area contributed by atoms with Gasteiger partial charge in [-0.05, 0) is 30.7 Å². The molecule has 30 heavy (non-hydrogen) atoms. The number of benzene rings is 1. The lowest BCUT2D eigenvalue weighted by atomic mass is 10.2. The molecule has 1 amide bonds. The number of quaternary nitrogens is 1. The van der Waals surface area contributed by atoms with Gasteiger partial charge in [0, 0.05) is 12.6 Å². The van der Waals surface area contributed by atoms with Crippen LogP contribution in [-0.4, -0.2) is 45.2 Å². The molecule has 1 aromatic carbocycles. The van der Waals surface area contributed by atoms with Gasteiger partial charge in [-0.25, -0.2) is 4.98 Å². The zero-order valence-corrected chi connectivity index (χ0v) is 17.1. The van der Waals surface area contributed by atoms with E-state index in [-0.39, 0.29) is 11.9 Å². The molecule has 3 N–H and O–H groups in total. The number of anilines is 1. The molecular weight excluding hydrogens is 397 g/mol. The number of amides is 1. The number of nitrogens with zero attached hydrogens (tertiary/aromatic N) is 1. The fourth-order valence-electron chi connectivity index (χ4n) is 3.53. The number of pyridine rings is 1. The molecule has 2 heterocycles. The molecule has 1 saturated heterocycles. The Labute approximate surface area is 173 Å². The predicted octanol–water partition coefficient (Wildman–Crippen LogP) is 0.938. The Bertz CT molecular complexity index is 833. The lowest BCUT2D eigenvalue weighted by molar-refractivity contribution is -0.914. The van der Waals surface area contributed by atoms with Gasteiger partial charge in [-0.3, -0.25) is 9.69 Å². The summed E-state index contributed by atoms with van der Waals surface area (Å²) in [7, 11) is 1.61. The molecule has 1 aliphatic rings. The second-order valence-electron chi connectivity index (χ2n) is 7.39. The minimum atomic E-state index is -4.35. The zero-order valence-electron chi connectivity index (χ0n) is 17.1. The number of hydrogen-bond acceptors (Lipinski definition) is 3. The summed E-state index contributed by atoms with van der Waals surface area (Å²) < 4.78 is 43.2. The first-order chi connectivity index (χ1) is 14.3. The monoisotopic (exact) mass is 424 g/mol. The highest BCUT2D eigenvalue weighted by Gasteiger charge is 2.34. The number of carbonyl (C=O) groups excluding carboxylic acids is 1. The maximum Gasteiger partial charge on any atom is 0.419 e. The van der Waals surface area contributed by atoms with Crippen LogP contribution in [0.2, 0.25) is 0 Å². The van der Waals surface area contributed by atoms with E-state index in [0.29, 0.717) is 25.5 Å². The van der Waals surface area contributed by atoms with Crippen molar-refractivity contribution in [2.24, 2.45) is 0 Å². The summed E-state index contributed by atoms with van der Waals surface area (Å²) in [5, 5.41) is 2.97. The van der Waals surface area contributed by atoms with Crippen molar-refractivity contribution in [3.63, 3.8) is 0 Å². The Balaban J connectivity index is 1.48. The standard InChI is InChI=1S/C21H25F3N4O2/c1-15(20(29)26-13-16-3-6-18(30-2)7-4-16)27-9-11-28(12-10-27)19-8-5-17(14-25-19)21(22,23)24/h3-8,14-15H,9-13H2,1-2H3,(H,26,29)/p+2/t15-/m0/s1. The summed E-state index contributed by atoms with van der Waals surface area (Å²) in [4.78, 5) is 18.4. The van der Waals surface area contributed by atoms with E-state index in [9.17, 15) is 18.0 Å². The van der Waals surface area contributed by atoms with E-state index in [1.807, 2.05) is 36.1 Å². The third-order valence-electron chi connectivity index (χ3n) is 5.50. The van der Waals surface area contributed by atoms with Crippen molar-refractivity contribution in [2.45, 2.75) is 25.7 Å². The van der Waals surface area contributed by atoms with E-state index in [2.05, 4.69) is 10.3 Å². The van der Waals surface area contributed by atoms with E-state index < -0.39 is 11.7 Å². The zero-order chi connectivity index (χ0) is 21.7. The number of carbonyl (C=O) groups is 1. The lowest BCUT2D eigenvalue weighted by Crippen LogP contribution is -3.19. The molecule has 2 aromatic rings. The average Bonchev–Trinajstić information content (AvgIpc) is 2.77. The van der Waals surface area contributed by atoms with Crippen molar-refractivity contribution in [3.8, 4) is 5.75 Å². The van der Waals surface area contributed by atoms with Crippen LogP contribution in [0, 0.1) is 0 Å². The SMILES string of the molecule is COc1ccc(CNC(=O)[C@H](C)[NH+]2CCN(c3ccc(C(F)(F)F)c[nH+]3)CC2)cc1. The van der Waals surface area contributed by atoms with Crippen molar-refractivity contribution in [1.82, 2.24) is 5.32 Å². The van der Waals surface area contributed by atoms with Crippen molar-refractivity contribution < 1.29 is 32.6 Å². The third kappa shape index (κ3) is 5.41. The fraction of sp³-hybridized carbons (Fsp3) is 0.429. The van der Waals surface area contributed by atoms with E-state index in [0.717, 1.165) is 41.6 Å². The van der Waals surface area contributed by atoms with Crippen molar-refractivity contribution in [2.75, 3.05) is 38.2 Å². The van der Waals surface area contributed by atoms with Crippen LogP contribution < -0.4 is 24.8 Å². The largest absolute Gasteiger partial charge is 0.497 e. The Morgan fingerprint density at radius 1 is 1.20 bits per heavy atom. The summed E-state index contributed by atoms with van der Waals surface area (Å²) in [6, 6.07) is 9.87. The molecule has 0 saturated carbocycles. The van der Waals surface area contributed by atoms with Crippen LogP contribution in [0.1, 0.15) is 18.1 Å². The number of H-pyrrole nitrogens is 1. The second-order valence-corrected chi connectivity index (χ2v) is 7.39. The van der Waals surface area contributed by atoms with Gasteiger partial charge in [0.05, 0.1) is 12.7 Å². The van der Waals surface area contributed by atoms with Crippen LogP contribution in [0.15, 0.2) is 42.6 Å². The van der Waals surface area contributed by atoms with Crippen molar-refractivity contribution in [1.29, 1.82) is 0 Å². The fourth-order valence-corrected chi connectivity index (χ4v) is 3.53. The van der Waals surface area contributed by atoms with Crippen molar-refractivity contribution in [3.05, 3.63) is 53.7 Å². The van der Waals surface area contributed by atoms with E-state index in [1.165, 1.54) is 6.07 Å². The van der Waals surface area contributed by atoms with Gasteiger partial charge in [-0.15, -0.1) is 0 Å². The van der Waals surface area contributed by atoms with Crippen LogP contribution in [0.4, 0.5) is 19.0 Å². The molecule has 0 bridgehead atoms. The van der Waals surface area contributed by atoms with Gasteiger partial charge in [-0.1, -0.05) is 12.1 Å². The van der Waals surface area contributed by atoms with Crippen molar-refractivity contribution >= 4 is 11.7 Å². The second kappa shape index (κ2) is 9.34. The van der Waals surface area contributed by atoms with E-state index >= 15 is 0 Å². The van der Waals surface area contributed by atoms with Crippen LogP contribution in [0.3, 0.4) is 0 Å². The normalized spacial score (nSPS) is 16.2. The van der Waals surface area contributed by atoms with Gasteiger partial charge in [0.15, 0.2) is 6.04 Å². The molecule has 162 valence electrons. The molecular formula is C21H27F3N4O2+2. The number of alkyl halides is 3. The molecule has 1 fully saturated rings. The maximum absolute atomic E-state index is 12.7. The molecule has 0 spiro atoms. The summed E-state index contributed by atoms with van der Waals surface area (Å²) in [6.45, 7) is 5.13. The highest BCUT2D eigenvalue weighted by molar-refractivity contribution is 5.79. The molecule has 0 aliphatic carbocycles. The average molecular weight is 424 g/mol. The topological polar surface area (TPSA) is 60.1 Å². The van der Waals surface area contributed by atoms with Gasteiger partial charge >= 0.3 is 6.18 Å². The summed E-state index contributed by atoms with van der Waals surface area (Å²) in [5.74, 6) is 1.40. The quantitative estimate of drug-likeness (QED) is 0.726. The molecule has 0 unspecified atom stereocenters. The Hall–Kier alpha value is -2.81. The minimum Gasteiger partial charge on any atom is -0.497 e. The molecule has 9 heteroatoms. The molecule has 6 nitrogen and oxygen atoms in total. The van der Waals surface area contributed by atoms with Gasteiger partial charge in [0.1, 0.15) is 38.1 Å². The van der Waals surface area contributed by atoms with Crippen LogP contribution in [-0.2, 0) is 17.5 Å². The highest BCUT2D eigenvalue weighted by atomic mass is 19.4. The number of aromatic nitrogens is 1. The van der Waals surface area contributed by atoms with E-state index in [4.69, 9.17) is 4.74 Å². The molecule has 0 radical (unpaired) electrons. The number of rotatable bonds is 6. The molecule has 1 atom stereocenters. The number of aromatic amines is 1. The van der Waals surface area contributed by atoms with Gasteiger partial charge in [0.2, 0.25) is 0 Å². The number of halogens is 3. The first kappa shape index (κ1) is 21.9. The van der Waals surface area contributed by atoms with Crippen LogP contribution in [0.25, 0.3) is 0 Å². The molecule has 1 aliphatic heterocycles. The van der Waals surface area contributed by atoms with Crippen LogP contribution in [0.5, 0.6) is 5.75 Å². The summed E-state index contributed by atoms with van der Waals surface area (Å²) in [5.41, 5.74) is 0.298. The Morgan fingerprint density at radius 2 is 1.87 bits per heavy atom. The van der Waals surface area contributed by atoms with Crippen LogP contribution >= 0.6 is 0 Å². The first-order valence-corrected chi connectivity index (χ1v) is 9.87. The number of piperazine rings is 1. The van der Waals surface area contributed by atoms with Gasteiger partial charge < -0.3 is 15.0 Å². The molecule has 3 rings (SSSR count). The number of ether oxygens (including phenoxy) is 1. The summed E-state index contributed by atoms with van der Waals surface area (Å²) >= 11 is 0. The first-order valence-electron chi connectivity index (χ1n) is 9.87. The smallest absolute Gasteiger partial charge is 0.419 e. The minimum absolute atomic E-state index is 0.0182. The Morgan fingerprint density at radius 3 is 2.40 bits per heavy atom.